The first kappa shape index (κ1) is 22.7. The lowest BCUT2D eigenvalue weighted by molar-refractivity contribution is -0.142. The van der Waals surface area contributed by atoms with Crippen LogP contribution in [0.15, 0.2) is 42.7 Å². The number of nitrogens with zero attached hydrogens (tertiary/aromatic N) is 3. The highest BCUT2D eigenvalue weighted by molar-refractivity contribution is 6.01. The van der Waals surface area contributed by atoms with Crippen LogP contribution in [-0.2, 0) is 9.53 Å². The van der Waals surface area contributed by atoms with E-state index in [0.717, 1.165) is 24.2 Å². The van der Waals surface area contributed by atoms with Crippen molar-refractivity contribution < 1.29 is 28.2 Å². The summed E-state index contributed by atoms with van der Waals surface area (Å²) in [6.45, 7) is 0.532. The number of anilines is 1. The summed E-state index contributed by atoms with van der Waals surface area (Å²) in [7, 11) is 1.22. The van der Waals surface area contributed by atoms with E-state index in [0.29, 0.717) is 24.0 Å². The summed E-state index contributed by atoms with van der Waals surface area (Å²) in [4.78, 5) is 25.9. The third kappa shape index (κ3) is 4.80. The summed E-state index contributed by atoms with van der Waals surface area (Å²) < 4.78 is 34.2. The number of carbonyl (C=O) groups excluding carboxylic acids is 2. The van der Waals surface area contributed by atoms with Gasteiger partial charge in [0.15, 0.2) is 0 Å². The molecule has 8 nitrogen and oxygen atoms in total. The zero-order chi connectivity index (χ0) is 23.5. The van der Waals surface area contributed by atoms with Crippen molar-refractivity contribution in [2.45, 2.75) is 31.4 Å². The predicted molar refractivity (Wildman–Crippen MR) is 116 cm³/mol. The van der Waals surface area contributed by atoms with Gasteiger partial charge in [-0.3, -0.25) is 9.59 Å². The van der Waals surface area contributed by atoms with Gasteiger partial charge in [-0.2, -0.15) is 5.10 Å². The van der Waals surface area contributed by atoms with Gasteiger partial charge in [0.05, 0.1) is 43.0 Å². The Bertz CT molecular complexity index is 1180. The van der Waals surface area contributed by atoms with Crippen LogP contribution >= 0.6 is 0 Å². The van der Waals surface area contributed by atoms with Gasteiger partial charge in [-0.15, -0.1) is 0 Å². The van der Waals surface area contributed by atoms with E-state index >= 15 is 0 Å². The second kappa shape index (κ2) is 9.53. The quantitative estimate of drug-likeness (QED) is 0.529. The lowest BCUT2D eigenvalue weighted by atomic mass is 10.0. The molecule has 1 aliphatic rings. The third-order valence-corrected chi connectivity index (χ3v) is 5.78. The van der Waals surface area contributed by atoms with Gasteiger partial charge in [-0.25, -0.2) is 13.3 Å². The molecular weight excluding hydrogens is 434 g/mol. The Hall–Kier alpha value is -3.53. The normalized spacial score (nSPS) is 16.7. The minimum Gasteiger partial charge on any atom is -0.469 e. The van der Waals surface area contributed by atoms with Crippen LogP contribution in [0.5, 0.6) is 0 Å². The van der Waals surface area contributed by atoms with Gasteiger partial charge in [0.25, 0.3) is 5.91 Å². The summed E-state index contributed by atoms with van der Waals surface area (Å²) in [6, 6.07) is 6.74. The number of amides is 1. The topological polar surface area (TPSA) is 96.2 Å². The molecule has 0 aliphatic carbocycles. The van der Waals surface area contributed by atoms with Crippen LogP contribution in [0.25, 0.3) is 5.52 Å². The van der Waals surface area contributed by atoms with Crippen molar-refractivity contribution in [3.8, 4) is 0 Å². The van der Waals surface area contributed by atoms with Crippen molar-refractivity contribution in [2.75, 3.05) is 25.1 Å². The summed E-state index contributed by atoms with van der Waals surface area (Å²) in [6.07, 6.45) is 3.29. The Morgan fingerprint density at radius 1 is 1.30 bits per heavy atom. The van der Waals surface area contributed by atoms with E-state index in [4.69, 9.17) is 0 Å². The van der Waals surface area contributed by atoms with E-state index in [9.17, 15) is 23.5 Å². The number of benzene rings is 1. The second-order valence-corrected chi connectivity index (χ2v) is 7.93. The van der Waals surface area contributed by atoms with E-state index in [-0.39, 0.29) is 24.6 Å². The van der Waals surface area contributed by atoms with Gasteiger partial charge >= 0.3 is 5.97 Å². The SMILES string of the molecule is COC(=O)C[C@H](O)CNC(=O)c1cnn2ccc(N3CCC[C@@H]3c3cc(F)ccc3F)cc12. The highest BCUT2D eigenvalue weighted by Gasteiger charge is 2.29. The van der Waals surface area contributed by atoms with Crippen LogP contribution in [0.3, 0.4) is 0 Å². The molecule has 0 radical (unpaired) electrons. The largest absolute Gasteiger partial charge is 0.469 e. The van der Waals surface area contributed by atoms with Crippen molar-refractivity contribution in [3.05, 3.63) is 65.5 Å². The maximum absolute atomic E-state index is 14.4. The zero-order valence-electron chi connectivity index (χ0n) is 18.0. The van der Waals surface area contributed by atoms with Crippen LogP contribution in [0.2, 0.25) is 0 Å². The fourth-order valence-electron chi connectivity index (χ4n) is 4.15. The molecule has 0 bridgehead atoms. The molecule has 3 heterocycles. The molecule has 2 N–H and O–H groups in total. The number of esters is 1. The average molecular weight is 458 g/mol. The van der Waals surface area contributed by atoms with Gasteiger partial charge in [0.1, 0.15) is 11.6 Å². The molecule has 0 spiro atoms. The molecule has 1 aromatic carbocycles. The van der Waals surface area contributed by atoms with E-state index < -0.39 is 29.6 Å². The smallest absolute Gasteiger partial charge is 0.308 e. The number of methoxy groups -OCH3 is 1. The molecule has 1 aliphatic heterocycles. The molecule has 33 heavy (non-hydrogen) atoms. The Morgan fingerprint density at radius 3 is 2.91 bits per heavy atom. The van der Waals surface area contributed by atoms with E-state index in [1.54, 1.807) is 12.3 Å². The van der Waals surface area contributed by atoms with E-state index in [1.165, 1.54) is 23.9 Å². The van der Waals surface area contributed by atoms with Crippen molar-refractivity contribution >= 4 is 23.1 Å². The Labute approximate surface area is 188 Å². The molecule has 4 rings (SSSR count). The molecule has 0 unspecified atom stereocenters. The van der Waals surface area contributed by atoms with Crippen LogP contribution in [-0.4, -0.2) is 52.9 Å². The lowest BCUT2D eigenvalue weighted by Gasteiger charge is -2.27. The highest BCUT2D eigenvalue weighted by atomic mass is 19.1. The molecule has 10 heteroatoms. The van der Waals surface area contributed by atoms with Gasteiger partial charge in [-0.05, 0) is 43.2 Å². The summed E-state index contributed by atoms with van der Waals surface area (Å²) in [5.41, 5.74) is 1.88. The van der Waals surface area contributed by atoms with E-state index in [1.807, 2.05) is 11.0 Å². The molecule has 3 aromatic rings. The first-order chi connectivity index (χ1) is 15.9. The molecule has 2 aromatic heterocycles. The molecule has 1 saturated heterocycles. The molecule has 174 valence electrons. The third-order valence-electron chi connectivity index (χ3n) is 5.78. The number of aliphatic hydroxyl groups excluding tert-OH is 1. The number of rotatable bonds is 7. The van der Waals surface area contributed by atoms with Crippen LogP contribution in [0.1, 0.15) is 41.2 Å². The number of aliphatic hydroxyl groups is 1. The minimum atomic E-state index is -1.08. The monoisotopic (exact) mass is 458 g/mol. The number of pyridine rings is 1. The molecular formula is C23H24F2N4O4. The second-order valence-electron chi connectivity index (χ2n) is 7.93. The van der Waals surface area contributed by atoms with Crippen LogP contribution in [0, 0.1) is 11.6 Å². The highest BCUT2D eigenvalue weighted by Crippen LogP contribution is 2.38. The predicted octanol–water partition coefficient (Wildman–Crippen LogP) is 2.61. The van der Waals surface area contributed by atoms with Crippen LogP contribution < -0.4 is 10.2 Å². The summed E-state index contributed by atoms with van der Waals surface area (Å²) in [5.74, 6) is -1.98. The number of fused-ring (bicyclic) bond motifs is 1. The standard InChI is InChI=1S/C23H24F2N4O4/c1-33-22(31)11-16(30)12-26-23(32)18-13-27-29-8-6-15(10-21(18)29)28-7-2-3-20(28)17-9-14(24)4-5-19(17)25/h4-6,8-10,13,16,20,30H,2-3,7,11-12H2,1H3,(H,26,32)/t16-,20+/m0/s1. The van der Waals surface area contributed by atoms with Gasteiger partial charge in [0, 0.05) is 30.5 Å². The zero-order valence-corrected chi connectivity index (χ0v) is 18.0. The Kier molecular flexibility index (Phi) is 6.55. The minimum absolute atomic E-state index is 0.127. The number of halogens is 2. The molecule has 2 atom stereocenters. The maximum Gasteiger partial charge on any atom is 0.308 e. The summed E-state index contributed by atoms with van der Waals surface area (Å²) >= 11 is 0. The number of ether oxygens (including phenoxy) is 1. The Morgan fingerprint density at radius 2 is 2.12 bits per heavy atom. The van der Waals surface area contributed by atoms with Crippen molar-refractivity contribution in [2.24, 2.45) is 0 Å². The number of aromatic nitrogens is 2. The number of nitrogens with one attached hydrogen (secondary N) is 1. The maximum atomic E-state index is 14.4. The number of hydrogen-bond donors (Lipinski definition) is 2. The van der Waals surface area contributed by atoms with Crippen LogP contribution in [0.4, 0.5) is 14.5 Å². The number of carbonyl (C=O) groups is 2. The lowest BCUT2D eigenvalue weighted by Crippen LogP contribution is -2.33. The average Bonchev–Trinajstić information content (AvgIpc) is 3.45. The molecule has 1 fully saturated rings. The van der Waals surface area contributed by atoms with Crippen molar-refractivity contribution in [3.63, 3.8) is 0 Å². The number of hydrogen-bond acceptors (Lipinski definition) is 6. The van der Waals surface area contributed by atoms with Gasteiger partial charge in [-0.1, -0.05) is 0 Å². The fourth-order valence-corrected chi connectivity index (χ4v) is 4.15. The van der Waals surface area contributed by atoms with Gasteiger partial charge < -0.3 is 20.1 Å². The van der Waals surface area contributed by atoms with Gasteiger partial charge in [0.2, 0.25) is 0 Å². The van der Waals surface area contributed by atoms with Crippen molar-refractivity contribution in [1.29, 1.82) is 0 Å². The van der Waals surface area contributed by atoms with Crippen molar-refractivity contribution in [1.82, 2.24) is 14.9 Å². The van der Waals surface area contributed by atoms with E-state index in [2.05, 4.69) is 15.2 Å². The first-order valence-corrected chi connectivity index (χ1v) is 10.6. The molecule has 0 saturated carbocycles. The molecule has 1 amide bonds. The summed E-state index contributed by atoms with van der Waals surface area (Å²) in [5, 5.41) is 16.7. The Balaban J connectivity index is 1.56. The fraction of sp³-hybridized carbons (Fsp3) is 0.348. The first-order valence-electron chi connectivity index (χ1n) is 10.6.